The first-order valence-corrected chi connectivity index (χ1v) is 8.80. The summed E-state index contributed by atoms with van der Waals surface area (Å²) in [4.78, 5) is 26.4. The van der Waals surface area contributed by atoms with Gasteiger partial charge in [0.2, 0.25) is 5.91 Å². The molecule has 0 aliphatic carbocycles. The molecule has 1 aromatic carbocycles. The zero-order valence-electron chi connectivity index (χ0n) is 14.5. The van der Waals surface area contributed by atoms with E-state index in [0.717, 1.165) is 32.4 Å². The van der Waals surface area contributed by atoms with E-state index in [1.807, 2.05) is 11.0 Å². The van der Waals surface area contributed by atoms with Crippen molar-refractivity contribution < 1.29 is 14.0 Å². The molecule has 1 atom stereocenters. The van der Waals surface area contributed by atoms with Crippen molar-refractivity contribution in [3.63, 3.8) is 0 Å². The van der Waals surface area contributed by atoms with Gasteiger partial charge in [-0.2, -0.15) is 0 Å². The molecule has 5 heteroatoms. The van der Waals surface area contributed by atoms with Gasteiger partial charge in [-0.15, -0.1) is 0 Å². The minimum Gasteiger partial charge on any atom is -0.459 e. The van der Waals surface area contributed by atoms with Gasteiger partial charge in [-0.25, -0.2) is 0 Å². The first kappa shape index (κ1) is 17.3. The zero-order valence-corrected chi connectivity index (χ0v) is 14.5. The number of nitrogens with zero attached hydrogens (tertiary/aromatic N) is 1. The number of carbonyl (C=O) groups excluding carboxylic acids is 2. The van der Waals surface area contributed by atoms with Crippen LogP contribution in [0.4, 0.5) is 0 Å². The van der Waals surface area contributed by atoms with E-state index in [1.54, 1.807) is 19.1 Å². The van der Waals surface area contributed by atoms with Crippen LogP contribution in [-0.4, -0.2) is 35.8 Å². The van der Waals surface area contributed by atoms with Crippen molar-refractivity contribution in [2.45, 2.75) is 32.2 Å². The summed E-state index contributed by atoms with van der Waals surface area (Å²) in [5.41, 5.74) is 1.35. The predicted octanol–water partition coefficient (Wildman–Crippen LogP) is 2.88. The molecule has 1 aliphatic heterocycles. The molecule has 2 aromatic rings. The molecule has 3 rings (SSSR count). The highest BCUT2D eigenvalue weighted by Crippen LogP contribution is 2.22. The average Bonchev–Trinajstić information content (AvgIpc) is 3.17. The number of nitrogens with one attached hydrogen (secondary N) is 1. The van der Waals surface area contributed by atoms with Gasteiger partial charge in [0.1, 0.15) is 6.04 Å². The van der Waals surface area contributed by atoms with Crippen LogP contribution in [0.5, 0.6) is 0 Å². The molecule has 25 heavy (non-hydrogen) atoms. The Morgan fingerprint density at radius 2 is 1.88 bits per heavy atom. The maximum atomic E-state index is 12.5. The molecule has 0 saturated carbocycles. The van der Waals surface area contributed by atoms with Crippen molar-refractivity contribution in [3.8, 4) is 0 Å². The lowest BCUT2D eigenvalue weighted by atomic mass is 9.90. The quantitative estimate of drug-likeness (QED) is 0.910. The van der Waals surface area contributed by atoms with E-state index in [2.05, 4.69) is 29.6 Å². The van der Waals surface area contributed by atoms with Gasteiger partial charge in [0.15, 0.2) is 5.76 Å². The predicted molar refractivity (Wildman–Crippen MR) is 95.1 cm³/mol. The Morgan fingerprint density at radius 1 is 1.16 bits per heavy atom. The third kappa shape index (κ3) is 4.50. The highest BCUT2D eigenvalue weighted by Gasteiger charge is 2.27. The molecule has 0 radical (unpaired) electrons. The second kappa shape index (κ2) is 8.01. The molecule has 1 aliphatic rings. The maximum Gasteiger partial charge on any atom is 0.287 e. The third-order valence-corrected chi connectivity index (χ3v) is 4.76. The number of carbonyl (C=O) groups is 2. The van der Waals surface area contributed by atoms with E-state index in [9.17, 15) is 9.59 Å². The number of hydrogen-bond acceptors (Lipinski definition) is 3. The van der Waals surface area contributed by atoms with Crippen molar-refractivity contribution in [1.82, 2.24) is 10.2 Å². The largest absolute Gasteiger partial charge is 0.459 e. The summed E-state index contributed by atoms with van der Waals surface area (Å²) in [6.07, 6.45) is 4.51. The molecule has 0 unspecified atom stereocenters. The second-order valence-corrected chi connectivity index (χ2v) is 6.63. The Kier molecular flexibility index (Phi) is 5.53. The molecule has 1 N–H and O–H groups in total. The lowest BCUT2D eigenvalue weighted by Crippen LogP contribution is -2.49. The summed E-state index contributed by atoms with van der Waals surface area (Å²) in [6.45, 7) is 3.22. The Hall–Kier alpha value is -2.56. The lowest BCUT2D eigenvalue weighted by Gasteiger charge is -2.33. The van der Waals surface area contributed by atoms with Crippen LogP contribution in [0.15, 0.2) is 53.1 Å². The van der Waals surface area contributed by atoms with Gasteiger partial charge < -0.3 is 14.6 Å². The first-order valence-electron chi connectivity index (χ1n) is 8.80. The van der Waals surface area contributed by atoms with Gasteiger partial charge >= 0.3 is 0 Å². The summed E-state index contributed by atoms with van der Waals surface area (Å²) >= 11 is 0. The van der Waals surface area contributed by atoms with Crippen LogP contribution in [0.3, 0.4) is 0 Å². The second-order valence-electron chi connectivity index (χ2n) is 6.63. The number of hydrogen-bond donors (Lipinski definition) is 1. The van der Waals surface area contributed by atoms with E-state index in [-0.39, 0.29) is 17.6 Å². The topological polar surface area (TPSA) is 62.6 Å². The standard InChI is InChI=1S/C20H24N2O3/c1-15(21-19(23)18-8-5-13-25-18)20(24)22-11-9-17(10-12-22)14-16-6-3-2-4-7-16/h2-8,13,15,17H,9-12,14H2,1H3,(H,21,23)/t15-/m0/s1. The van der Waals surface area contributed by atoms with E-state index in [1.165, 1.54) is 11.8 Å². The van der Waals surface area contributed by atoms with Crippen LogP contribution in [0.25, 0.3) is 0 Å². The van der Waals surface area contributed by atoms with Crippen LogP contribution < -0.4 is 5.32 Å². The van der Waals surface area contributed by atoms with Crippen LogP contribution >= 0.6 is 0 Å². The minimum absolute atomic E-state index is 0.0296. The number of furan rings is 1. The molecular weight excluding hydrogens is 316 g/mol. The molecule has 5 nitrogen and oxygen atoms in total. The Labute approximate surface area is 148 Å². The summed E-state index contributed by atoms with van der Waals surface area (Å²) < 4.78 is 5.06. The van der Waals surface area contributed by atoms with E-state index >= 15 is 0 Å². The number of likely N-dealkylation sites (tertiary alicyclic amines) is 1. The van der Waals surface area contributed by atoms with E-state index in [4.69, 9.17) is 4.42 Å². The SMILES string of the molecule is C[C@H](NC(=O)c1ccco1)C(=O)N1CCC(Cc2ccccc2)CC1. The number of piperidine rings is 1. The van der Waals surface area contributed by atoms with Gasteiger partial charge in [-0.05, 0) is 49.8 Å². The molecule has 0 bridgehead atoms. The lowest BCUT2D eigenvalue weighted by molar-refractivity contribution is -0.134. The van der Waals surface area contributed by atoms with Crippen LogP contribution in [0.1, 0.15) is 35.9 Å². The fourth-order valence-corrected chi connectivity index (χ4v) is 3.32. The minimum atomic E-state index is -0.553. The molecule has 132 valence electrons. The number of benzene rings is 1. The van der Waals surface area contributed by atoms with E-state index in [0.29, 0.717) is 5.92 Å². The Morgan fingerprint density at radius 3 is 2.52 bits per heavy atom. The van der Waals surface area contributed by atoms with Crippen LogP contribution in [-0.2, 0) is 11.2 Å². The molecule has 1 aromatic heterocycles. The van der Waals surface area contributed by atoms with Gasteiger partial charge in [-0.3, -0.25) is 9.59 Å². The maximum absolute atomic E-state index is 12.5. The molecule has 1 saturated heterocycles. The van der Waals surface area contributed by atoms with Gasteiger partial charge in [0, 0.05) is 13.1 Å². The zero-order chi connectivity index (χ0) is 17.6. The molecule has 0 spiro atoms. The summed E-state index contributed by atoms with van der Waals surface area (Å²) in [5, 5.41) is 2.71. The highest BCUT2D eigenvalue weighted by atomic mass is 16.3. The monoisotopic (exact) mass is 340 g/mol. The highest BCUT2D eigenvalue weighted by molar-refractivity contribution is 5.95. The smallest absolute Gasteiger partial charge is 0.287 e. The van der Waals surface area contributed by atoms with Gasteiger partial charge in [0.25, 0.3) is 5.91 Å². The average molecular weight is 340 g/mol. The van der Waals surface area contributed by atoms with E-state index < -0.39 is 6.04 Å². The van der Waals surface area contributed by atoms with Gasteiger partial charge in [0.05, 0.1) is 6.26 Å². The fourth-order valence-electron chi connectivity index (χ4n) is 3.32. The molecule has 2 amide bonds. The molecule has 1 fully saturated rings. The number of amides is 2. The normalized spacial score (nSPS) is 16.4. The number of rotatable bonds is 5. The van der Waals surface area contributed by atoms with Crippen molar-refractivity contribution in [1.29, 1.82) is 0 Å². The summed E-state index contributed by atoms with van der Waals surface area (Å²) in [7, 11) is 0. The summed E-state index contributed by atoms with van der Waals surface area (Å²) in [6, 6.07) is 13.2. The molecular formula is C20H24N2O3. The van der Waals surface area contributed by atoms with Crippen molar-refractivity contribution >= 4 is 11.8 Å². The van der Waals surface area contributed by atoms with Crippen LogP contribution in [0, 0.1) is 5.92 Å². The van der Waals surface area contributed by atoms with Crippen molar-refractivity contribution in [2.75, 3.05) is 13.1 Å². The van der Waals surface area contributed by atoms with Gasteiger partial charge in [-0.1, -0.05) is 30.3 Å². The van der Waals surface area contributed by atoms with Crippen LogP contribution in [0.2, 0.25) is 0 Å². The first-order chi connectivity index (χ1) is 12.1. The summed E-state index contributed by atoms with van der Waals surface area (Å²) in [5.74, 6) is 0.448. The fraction of sp³-hybridized carbons (Fsp3) is 0.400. The van der Waals surface area contributed by atoms with Crippen molar-refractivity contribution in [3.05, 3.63) is 60.1 Å². The van der Waals surface area contributed by atoms with Crippen molar-refractivity contribution in [2.24, 2.45) is 5.92 Å². The molecule has 2 heterocycles. The Bertz CT molecular complexity index is 689. The Balaban J connectivity index is 1.47. The third-order valence-electron chi connectivity index (χ3n) is 4.76.